The second-order valence-electron chi connectivity index (χ2n) is 5.59. The number of hydrogen-bond acceptors (Lipinski definition) is 4. The van der Waals surface area contributed by atoms with E-state index in [1.807, 2.05) is 24.3 Å². The molecule has 1 aromatic carbocycles. The standard InChI is InChI=1S/C17H25N3O/c1-2-9-20-10-6-16(7-11-20)19-14-15-4-3-5-17(13-15)21-12-8-18/h3-5,13,16,19H,2,6-7,9-12,14H2,1H3. The number of nitriles is 1. The molecule has 1 aromatic rings. The summed E-state index contributed by atoms with van der Waals surface area (Å²) in [5, 5.41) is 12.2. The molecule has 0 amide bonds. The molecule has 1 heterocycles. The van der Waals surface area contributed by atoms with Gasteiger partial charge in [-0.25, -0.2) is 0 Å². The first kappa shape index (κ1) is 15.8. The van der Waals surface area contributed by atoms with Gasteiger partial charge in [0.05, 0.1) is 0 Å². The summed E-state index contributed by atoms with van der Waals surface area (Å²) in [6.07, 6.45) is 3.70. The third-order valence-electron chi connectivity index (χ3n) is 3.92. The van der Waals surface area contributed by atoms with E-state index in [9.17, 15) is 0 Å². The first-order chi connectivity index (χ1) is 10.3. The average molecular weight is 287 g/mol. The molecule has 0 unspecified atom stereocenters. The van der Waals surface area contributed by atoms with E-state index in [4.69, 9.17) is 10.00 Å². The maximum absolute atomic E-state index is 8.54. The topological polar surface area (TPSA) is 48.3 Å². The SMILES string of the molecule is CCCN1CCC(NCc2cccc(OCC#N)c2)CC1. The quantitative estimate of drug-likeness (QED) is 0.837. The second kappa shape index (κ2) is 8.66. The van der Waals surface area contributed by atoms with Crippen molar-refractivity contribution in [3.05, 3.63) is 29.8 Å². The molecule has 1 fully saturated rings. The minimum atomic E-state index is 0.104. The normalized spacial score (nSPS) is 16.6. The lowest BCUT2D eigenvalue weighted by Crippen LogP contribution is -2.42. The van der Waals surface area contributed by atoms with Gasteiger partial charge in [0.2, 0.25) is 0 Å². The second-order valence-corrected chi connectivity index (χ2v) is 5.59. The van der Waals surface area contributed by atoms with E-state index < -0.39 is 0 Å². The fourth-order valence-electron chi connectivity index (χ4n) is 2.80. The van der Waals surface area contributed by atoms with Crippen LogP contribution in [0, 0.1) is 11.3 Å². The lowest BCUT2D eigenvalue weighted by atomic mass is 10.0. The van der Waals surface area contributed by atoms with E-state index in [2.05, 4.69) is 23.2 Å². The number of benzene rings is 1. The van der Waals surface area contributed by atoms with Gasteiger partial charge in [-0.15, -0.1) is 0 Å². The Balaban J connectivity index is 1.75. The van der Waals surface area contributed by atoms with Crippen molar-refractivity contribution in [1.82, 2.24) is 10.2 Å². The Morgan fingerprint density at radius 3 is 2.90 bits per heavy atom. The van der Waals surface area contributed by atoms with Crippen LogP contribution in [0.3, 0.4) is 0 Å². The fourth-order valence-corrected chi connectivity index (χ4v) is 2.80. The highest BCUT2D eigenvalue weighted by Gasteiger charge is 2.17. The zero-order valence-electron chi connectivity index (χ0n) is 12.8. The van der Waals surface area contributed by atoms with Crippen molar-refractivity contribution in [3.63, 3.8) is 0 Å². The van der Waals surface area contributed by atoms with Crippen molar-refractivity contribution in [1.29, 1.82) is 5.26 Å². The van der Waals surface area contributed by atoms with Crippen LogP contribution in [0.15, 0.2) is 24.3 Å². The first-order valence-corrected chi connectivity index (χ1v) is 7.86. The van der Waals surface area contributed by atoms with Crippen LogP contribution in [0.1, 0.15) is 31.7 Å². The van der Waals surface area contributed by atoms with Gasteiger partial charge < -0.3 is 15.0 Å². The molecule has 0 atom stereocenters. The van der Waals surface area contributed by atoms with Crippen LogP contribution in [0.5, 0.6) is 5.75 Å². The van der Waals surface area contributed by atoms with Crippen LogP contribution in [0.4, 0.5) is 0 Å². The Hall–Kier alpha value is -1.57. The van der Waals surface area contributed by atoms with Gasteiger partial charge in [0, 0.05) is 12.6 Å². The molecular formula is C17H25N3O. The van der Waals surface area contributed by atoms with Gasteiger partial charge in [-0.1, -0.05) is 19.1 Å². The number of ether oxygens (including phenoxy) is 1. The lowest BCUT2D eigenvalue weighted by molar-refractivity contribution is 0.197. The van der Waals surface area contributed by atoms with Crippen LogP contribution in [0.2, 0.25) is 0 Å². The predicted molar refractivity (Wildman–Crippen MR) is 84.1 cm³/mol. The van der Waals surface area contributed by atoms with Gasteiger partial charge in [0.1, 0.15) is 11.8 Å². The van der Waals surface area contributed by atoms with Gasteiger partial charge >= 0.3 is 0 Å². The molecule has 0 aliphatic carbocycles. The van der Waals surface area contributed by atoms with Gasteiger partial charge in [-0.3, -0.25) is 0 Å². The van der Waals surface area contributed by atoms with E-state index >= 15 is 0 Å². The molecule has 114 valence electrons. The molecule has 0 saturated carbocycles. The highest BCUT2D eigenvalue weighted by Crippen LogP contribution is 2.15. The minimum Gasteiger partial charge on any atom is -0.479 e. The van der Waals surface area contributed by atoms with Gasteiger partial charge in [0.25, 0.3) is 0 Å². The molecule has 21 heavy (non-hydrogen) atoms. The largest absolute Gasteiger partial charge is 0.479 e. The number of piperidine rings is 1. The van der Waals surface area contributed by atoms with E-state index in [-0.39, 0.29) is 6.61 Å². The zero-order chi connectivity index (χ0) is 14.9. The van der Waals surface area contributed by atoms with E-state index in [0.717, 1.165) is 12.3 Å². The first-order valence-electron chi connectivity index (χ1n) is 7.86. The minimum absolute atomic E-state index is 0.104. The highest BCUT2D eigenvalue weighted by molar-refractivity contribution is 5.28. The summed E-state index contributed by atoms with van der Waals surface area (Å²) in [6.45, 7) is 6.85. The van der Waals surface area contributed by atoms with Crippen molar-refractivity contribution in [3.8, 4) is 11.8 Å². The summed E-state index contributed by atoms with van der Waals surface area (Å²) in [7, 11) is 0. The monoisotopic (exact) mass is 287 g/mol. The summed E-state index contributed by atoms with van der Waals surface area (Å²) >= 11 is 0. The molecule has 1 N–H and O–H groups in total. The van der Waals surface area contributed by atoms with E-state index in [1.54, 1.807) is 0 Å². The third kappa shape index (κ3) is 5.37. The van der Waals surface area contributed by atoms with Crippen molar-refractivity contribution < 1.29 is 4.74 Å². The maximum atomic E-state index is 8.54. The van der Waals surface area contributed by atoms with Crippen LogP contribution < -0.4 is 10.1 Å². The molecular weight excluding hydrogens is 262 g/mol. The Kier molecular flexibility index (Phi) is 6.52. The molecule has 2 rings (SSSR count). The smallest absolute Gasteiger partial charge is 0.174 e. The summed E-state index contributed by atoms with van der Waals surface area (Å²) < 4.78 is 5.33. The van der Waals surface area contributed by atoms with Crippen molar-refractivity contribution in [2.45, 2.75) is 38.8 Å². The highest BCUT2D eigenvalue weighted by atomic mass is 16.5. The van der Waals surface area contributed by atoms with Crippen molar-refractivity contribution in [2.24, 2.45) is 0 Å². The predicted octanol–water partition coefficient (Wildman–Crippen LogP) is 2.55. The Labute approximate surface area is 127 Å². The average Bonchev–Trinajstić information content (AvgIpc) is 2.53. The third-order valence-corrected chi connectivity index (χ3v) is 3.92. The Morgan fingerprint density at radius 1 is 1.38 bits per heavy atom. The number of rotatable bonds is 7. The molecule has 4 nitrogen and oxygen atoms in total. The summed E-state index contributed by atoms with van der Waals surface area (Å²) in [5.41, 5.74) is 1.21. The summed E-state index contributed by atoms with van der Waals surface area (Å²) in [6, 6.07) is 10.6. The zero-order valence-corrected chi connectivity index (χ0v) is 12.8. The van der Waals surface area contributed by atoms with Crippen LogP contribution in [-0.2, 0) is 6.54 Å². The number of nitrogens with one attached hydrogen (secondary N) is 1. The van der Waals surface area contributed by atoms with Gasteiger partial charge in [-0.05, 0) is 56.6 Å². The molecule has 1 saturated heterocycles. The summed E-state index contributed by atoms with van der Waals surface area (Å²) in [4.78, 5) is 2.55. The van der Waals surface area contributed by atoms with Crippen molar-refractivity contribution >= 4 is 0 Å². The van der Waals surface area contributed by atoms with Gasteiger partial charge in [-0.2, -0.15) is 5.26 Å². The molecule has 1 aliphatic heterocycles. The van der Waals surface area contributed by atoms with E-state index in [1.165, 1.54) is 44.5 Å². The Bertz CT molecular complexity index is 461. The molecule has 1 aliphatic rings. The molecule has 4 heteroatoms. The number of nitrogens with zero attached hydrogens (tertiary/aromatic N) is 2. The molecule has 0 bridgehead atoms. The van der Waals surface area contributed by atoms with Crippen LogP contribution >= 0.6 is 0 Å². The molecule has 0 radical (unpaired) electrons. The van der Waals surface area contributed by atoms with Gasteiger partial charge in [0.15, 0.2) is 6.61 Å². The van der Waals surface area contributed by atoms with Crippen LogP contribution in [0.25, 0.3) is 0 Å². The van der Waals surface area contributed by atoms with Crippen molar-refractivity contribution in [2.75, 3.05) is 26.2 Å². The number of likely N-dealkylation sites (tertiary alicyclic amines) is 1. The maximum Gasteiger partial charge on any atom is 0.174 e. The van der Waals surface area contributed by atoms with E-state index in [0.29, 0.717) is 6.04 Å². The lowest BCUT2D eigenvalue weighted by Gasteiger charge is -2.32. The molecule has 0 spiro atoms. The van der Waals surface area contributed by atoms with Crippen LogP contribution in [-0.4, -0.2) is 37.2 Å². The molecule has 0 aromatic heterocycles. The fraction of sp³-hybridized carbons (Fsp3) is 0.588. The Morgan fingerprint density at radius 2 is 2.19 bits per heavy atom. The summed E-state index contributed by atoms with van der Waals surface area (Å²) in [5.74, 6) is 0.772. The number of hydrogen-bond donors (Lipinski definition) is 1.